The summed E-state index contributed by atoms with van der Waals surface area (Å²) in [6.07, 6.45) is -0.104. The Labute approximate surface area is 228 Å². The van der Waals surface area contributed by atoms with Gasteiger partial charge in [-0.15, -0.1) is 0 Å². The number of aromatic nitrogens is 2. The number of ether oxygens (including phenoxy) is 3. The third kappa shape index (κ3) is 7.08. The minimum atomic E-state index is -0.874. The van der Waals surface area contributed by atoms with Crippen LogP contribution in [0.15, 0.2) is 24.5 Å². The molecule has 3 amide bonds. The van der Waals surface area contributed by atoms with E-state index in [9.17, 15) is 9.59 Å². The van der Waals surface area contributed by atoms with Crippen LogP contribution in [0, 0.1) is 11.6 Å². The molecule has 0 aliphatic carbocycles. The molecule has 2 saturated heterocycles. The summed E-state index contributed by atoms with van der Waals surface area (Å²) in [7, 11) is 2.83. The van der Waals surface area contributed by atoms with E-state index in [0.29, 0.717) is 0 Å². The van der Waals surface area contributed by atoms with Crippen molar-refractivity contribution >= 4 is 46.7 Å². The molecule has 1 aromatic heterocycles. The molecule has 1 aromatic carbocycles. The fourth-order valence-corrected chi connectivity index (χ4v) is 3.93. The van der Waals surface area contributed by atoms with Crippen molar-refractivity contribution in [1.29, 1.82) is 0 Å². The topological polar surface area (TPSA) is 131 Å². The van der Waals surface area contributed by atoms with E-state index in [0.717, 1.165) is 22.1 Å². The Morgan fingerprint density at radius 1 is 1.18 bits per heavy atom. The first-order chi connectivity index (χ1) is 18.3. The number of benzene rings is 1. The van der Waals surface area contributed by atoms with Crippen LogP contribution >= 0.6 is 12.2 Å². The van der Waals surface area contributed by atoms with Crippen molar-refractivity contribution in [3.05, 3.63) is 36.2 Å². The molecular formula is C23H29F2N7O6S. The Bertz CT molecular complexity index is 1190. The highest BCUT2D eigenvalue weighted by Crippen LogP contribution is 2.31. The fraction of sp³-hybridized carbons (Fsp3) is 0.435. The monoisotopic (exact) mass is 569 g/mol. The first-order valence-electron chi connectivity index (χ1n) is 11.4. The van der Waals surface area contributed by atoms with Crippen LogP contribution in [0.5, 0.6) is 5.88 Å². The quantitative estimate of drug-likeness (QED) is 0.498. The second-order valence-corrected chi connectivity index (χ2v) is 8.42. The number of hydroxylamine groups is 2. The second-order valence-electron chi connectivity index (χ2n) is 8.05. The van der Waals surface area contributed by atoms with Gasteiger partial charge in [-0.3, -0.25) is 15.1 Å². The van der Waals surface area contributed by atoms with Gasteiger partial charge in [0.25, 0.3) is 5.17 Å². The van der Waals surface area contributed by atoms with Crippen molar-refractivity contribution in [2.24, 2.45) is 0 Å². The van der Waals surface area contributed by atoms with Gasteiger partial charge in [0.15, 0.2) is 11.6 Å². The van der Waals surface area contributed by atoms with E-state index in [1.54, 1.807) is 0 Å². The molecule has 39 heavy (non-hydrogen) atoms. The molecule has 13 nitrogen and oxygen atoms in total. The van der Waals surface area contributed by atoms with Gasteiger partial charge in [0.05, 0.1) is 46.1 Å². The Morgan fingerprint density at radius 3 is 2.62 bits per heavy atom. The summed E-state index contributed by atoms with van der Waals surface area (Å²) in [5.74, 6) is -1.29. The Balaban J connectivity index is 0.00000420. The van der Waals surface area contributed by atoms with E-state index >= 15 is 8.78 Å². The summed E-state index contributed by atoms with van der Waals surface area (Å²) >= 11 is 4.89. The van der Waals surface area contributed by atoms with Crippen molar-refractivity contribution in [3.8, 4) is 5.88 Å². The van der Waals surface area contributed by atoms with Crippen LogP contribution in [-0.4, -0.2) is 92.0 Å². The van der Waals surface area contributed by atoms with E-state index in [2.05, 4.69) is 20.6 Å². The van der Waals surface area contributed by atoms with Gasteiger partial charge in [0, 0.05) is 31.3 Å². The van der Waals surface area contributed by atoms with E-state index in [1.807, 2.05) is 0 Å². The third-order valence-electron chi connectivity index (χ3n) is 5.66. The molecule has 2 aromatic rings. The fourth-order valence-electron chi connectivity index (χ4n) is 3.84. The Hall–Kier alpha value is -4.05. The van der Waals surface area contributed by atoms with Gasteiger partial charge in [-0.1, -0.05) is 7.43 Å². The molecule has 0 saturated carbocycles. The van der Waals surface area contributed by atoms with E-state index < -0.39 is 29.9 Å². The second kappa shape index (κ2) is 13.1. The van der Waals surface area contributed by atoms with Gasteiger partial charge in [-0.25, -0.2) is 33.4 Å². The molecule has 16 heteroatoms. The highest BCUT2D eigenvalue weighted by atomic mass is 32.1. The molecular weight excluding hydrogens is 540 g/mol. The van der Waals surface area contributed by atoms with Gasteiger partial charge >= 0.3 is 12.1 Å². The van der Waals surface area contributed by atoms with Crippen molar-refractivity contribution in [1.82, 2.24) is 20.3 Å². The summed E-state index contributed by atoms with van der Waals surface area (Å²) in [6.45, 7) is 0.420. The van der Waals surface area contributed by atoms with Crippen LogP contribution < -0.4 is 25.2 Å². The summed E-state index contributed by atoms with van der Waals surface area (Å²) in [4.78, 5) is 40.7. The van der Waals surface area contributed by atoms with E-state index in [-0.39, 0.29) is 75.0 Å². The molecule has 2 N–H and O–H groups in total. The molecule has 2 aliphatic heterocycles. The average molecular weight is 570 g/mol. The third-order valence-corrected chi connectivity index (χ3v) is 5.97. The van der Waals surface area contributed by atoms with Crippen molar-refractivity contribution in [3.63, 3.8) is 0 Å². The normalized spacial score (nSPS) is 17.1. The zero-order valence-electron chi connectivity index (χ0n) is 20.5. The highest BCUT2D eigenvalue weighted by molar-refractivity contribution is 7.80. The number of hydrogen-bond acceptors (Lipinski definition) is 10. The van der Waals surface area contributed by atoms with Crippen LogP contribution in [0.25, 0.3) is 0 Å². The molecule has 2 fully saturated rings. The molecule has 0 unspecified atom stereocenters. The number of halogens is 2. The zero-order chi connectivity index (χ0) is 27.2. The van der Waals surface area contributed by atoms with Crippen LogP contribution in [-0.2, 0) is 14.3 Å². The maximum absolute atomic E-state index is 15.2. The molecule has 0 spiro atoms. The first kappa shape index (κ1) is 29.5. The Morgan fingerprint density at radius 2 is 1.92 bits per heavy atom. The predicted molar refractivity (Wildman–Crippen MR) is 141 cm³/mol. The Kier molecular flexibility index (Phi) is 9.95. The number of nitrogens with one attached hydrogen (secondary N) is 2. The number of cyclic esters (lactones) is 1. The predicted octanol–water partition coefficient (Wildman–Crippen LogP) is 2.53. The summed E-state index contributed by atoms with van der Waals surface area (Å²) in [5, 5.41) is 6.50. The number of carbonyl (C=O) groups is 2. The minimum Gasteiger partial charge on any atom is -0.481 e. The SMILES string of the molecule is C.COC(=S)NC[C@H]1CN(c2cc(F)c(N3CCON(C(=O)Nc4cc(OC)ncn4)CC3)c(F)c2)C(=O)O1. The van der Waals surface area contributed by atoms with Crippen LogP contribution in [0.1, 0.15) is 7.43 Å². The van der Waals surface area contributed by atoms with Crippen molar-refractivity contribution in [2.45, 2.75) is 13.5 Å². The van der Waals surface area contributed by atoms with E-state index in [1.165, 1.54) is 31.5 Å². The molecule has 4 rings (SSSR count). The molecule has 2 aliphatic rings. The maximum atomic E-state index is 15.2. The van der Waals surface area contributed by atoms with Crippen LogP contribution in [0.2, 0.25) is 0 Å². The number of carbonyl (C=O) groups excluding carboxylic acids is 2. The lowest BCUT2D eigenvalue weighted by molar-refractivity contribution is -0.100. The highest BCUT2D eigenvalue weighted by Gasteiger charge is 2.34. The summed E-state index contributed by atoms with van der Waals surface area (Å²) in [5.41, 5.74) is -0.283. The molecule has 1 atom stereocenters. The lowest BCUT2D eigenvalue weighted by Gasteiger charge is -2.24. The largest absolute Gasteiger partial charge is 0.481 e. The summed E-state index contributed by atoms with van der Waals surface area (Å²) < 4.78 is 45.4. The molecule has 0 radical (unpaired) electrons. The lowest BCUT2D eigenvalue weighted by Crippen LogP contribution is -2.37. The minimum absolute atomic E-state index is 0. The van der Waals surface area contributed by atoms with Crippen LogP contribution in [0.4, 0.5) is 35.6 Å². The number of amides is 3. The molecule has 0 bridgehead atoms. The number of hydrogen-bond donors (Lipinski definition) is 2. The van der Waals surface area contributed by atoms with Gasteiger partial charge in [0.1, 0.15) is 23.9 Å². The van der Waals surface area contributed by atoms with Gasteiger partial charge in [0.2, 0.25) is 5.88 Å². The van der Waals surface area contributed by atoms with E-state index in [4.69, 9.17) is 31.3 Å². The molecule has 212 valence electrons. The average Bonchev–Trinajstić information content (AvgIpc) is 3.11. The lowest BCUT2D eigenvalue weighted by atomic mass is 10.2. The van der Waals surface area contributed by atoms with Gasteiger partial charge in [-0.2, -0.15) is 0 Å². The number of urea groups is 1. The van der Waals surface area contributed by atoms with Gasteiger partial charge < -0.3 is 24.4 Å². The number of anilines is 3. The zero-order valence-corrected chi connectivity index (χ0v) is 21.3. The number of nitrogens with zero attached hydrogens (tertiary/aromatic N) is 5. The van der Waals surface area contributed by atoms with Gasteiger partial charge in [-0.05, 0) is 12.2 Å². The number of methoxy groups -OCH3 is 2. The summed E-state index contributed by atoms with van der Waals surface area (Å²) in [6, 6.07) is 2.94. The smallest absolute Gasteiger partial charge is 0.414 e. The molecule has 3 heterocycles. The maximum Gasteiger partial charge on any atom is 0.414 e. The van der Waals surface area contributed by atoms with Crippen LogP contribution in [0.3, 0.4) is 0 Å². The number of rotatable bonds is 6. The number of thiocarbonyl (C=S) groups is 1. The van der Waals surface area contributed by atoms with Crippen molar-refractivity contribution < 1.29 is 37.4 Å². The first-order valence-corrected chi connectivity index (χ1v) is 11.8. The van der Waals surface area contributed by atoms with Crippen molar-refractivity contribution in [2.75, 3.05) is 68.7 Å². The standard InChI is InChI=1S/C22H25F2N7O6S.CH4/c1-34-18-9-17(26-12-27-18)28-20(32)31-4-3-29(5-6-36-31)19-15(23)7-13(8-16(19)24)30-11-14(37-22(30)33)10-25-21(38)35-2;/h7-9,12,14H,3-6,10-11H2,1-2H3,(H,25,38)(H,26,27,28,32);1H4/t14-;/m0./s1.